The third kappa shape index (κ3) is 1.56. The lowest BCUT2D eigenvalue weighted by Gasteiger charge is -2.00. The number of fused-ring (bicyclic) bond motifs is 1. The molecule has 17 heavy (non-hydrogen) atoms. The maximum Gasteiger partial charge on any atom is 0.139 e. The predicted molar refractivity (Wildman–Crippen MR) is 69.8 cm³/mol. The second-order valence-corrected chi connectivity index (χ2v) is 4.12. The van der Waals surface area contributed by atoms with Gasteiger partial charge in [-0.25, -0.2) is 4.98 Å². The zero-order chi connectivity index (χ0) is 11.8. The van der Waals surface area contributed by atoms with E-state index in [4.69, 9.17) is 5.73 Å². The number of anilines is 1. The molecule has 2 aromatic heterocycles. The fraction of sp³-hybridized carbons (Fsp3) is 0.0714. The van der Waals surface area contributed by atoms with Gasteiger partial charge in [0.25, 0.3) is 0 Å². The van der Waals surface area contributed by atoms with Crippen LogP contribution in [0.15, 0.2) is 48.7 Å². The van der Waals surface area contributed by atoms with E-state index in [2.05, 4.69) is 24.0 Å². The molecule has 0 aliphatic carbocycles. The van der Waals surface area contributed by atoms with Crippen molar-refractivity contribution in [1.82, 2.24) is 9.38 Å². The second-order valence-electron chi connectivity index (χ2n) is 4.12. The number of benzene rings is 1. The molecule has 3 nitrogen and oxygen atoms in total. The number of hydrogen-bond acceptors (Lipinski definition) is 2. The molecule has 0 unspecified atom stereocenters. The highest BCUT2D eigenvalue weighted by Gasteiger charge is 2.07. The van der Waals surface area contributed by atoms with Crippen molar-refractivity contribution in [2.24, 2.45) is 0 Å². The van der Waals surface area contributed by atoms with Crippen LogP contribution in [0, 0.1) is 6.92 Å². The molecule has 0 atom stereocenters. The Labute approximate surface area is 99.5 Å². The Morgan fingerprint density at radius 2 is 1.88 bits per heavy atom. The fourth-order valence-electron chi connectivity index (χ4n) is 2.02. The number of hydrogen-bond donors (Lipinski definition) is 1. The Bertz CT molecular complexity index is 683. The number of nitrogen functional groups attached to an aromatic ring is 1. The molecule has 3 rings (SSSR count). The van der Waals surface area contributed by atoms with Gasteiger partial charge in [-0.1, -0.05) is 30.3 Å². The van der Waals surface area contributed by atoms with Crippen molar-refractivity contribution in [2.75, 3.05) is 5.73 Å². The normalized spacial score (nSPS) is 10.9. The Morgan fingerprint density at radius 3 is 2.65 bits per heavy atom. The molecule has 0 bridgehead atoms. The molecule has 0 fully saturated rings. The van der Waals surface area contributed by atoms with Gasteiger partial charge in [-0.05, 0) is 24.6 Å². The van der Waals surface area contributed by atoms with Gasteiger partial charge in [0.2, 0.25) is 0 Å². The molecule has 0 aliphatic rings. The van der Waals surface area contributed by atoms with Crippen LogP contribution in [0.2, 0.25) is 0 Å². The molecule has 0 spiro atoms. The molecule has 84 valence electrons. The molecule has 3 aromatic rings. The summed E-state index contributed by atoms with van der Waals surface area (Å²) in [6.45, 7) is 2.09. The summed E-state index contributed by atoms with van der Waals surface area (Å²) in [4.78, 5) is 4.59. The van der Waals surface area contributed by atoms with Crippen LogP contribution in [-0.4, -0.2) is 9.38 Å². The third-order valence-corrected chi connectivity index (χ3v) is 2.94. The highest BCUT2D eigenvalue weighted by Crippen LogP contribution is 2.23. The van der Waals surface area contributed by atoms with Gasteiger partial charge in [0.05, 0.1) is 5.69 Å². The van der Waals surface area contributed by atoms with Crippen LogP contribution in [0.3, 0.4) is 0 Å². The number of nitrogens with two attached hydrogens (primary N) is 1. The first kappa shape index (κ1) is 9.90. The van der Waals surface area contributed by atoms with Crippen LogP contribution in [0.4, 0.5) is 5.82 Å². The molecule has 1 aromatic carbocycles. The lowest BCUT2D eigenvalue weighted by atomic mass is 10.1. The monoisotopic (exact) mass is 223 g/mol. The van der Waals surface area contributed by atoms with E-state index < -0.39 is 0 Å². The first-order valence-electron chi connectivity index (χ1n) is 5.55. The summed E-state index contributed by atoms with van der Waals surface area (Å²) in [5.74, 6) is 0.704. The number of aryl methyl sites for hydroxylation is 1. The van der Waals surface area contributed by atoms with Gasteiger partial charge in [-0.15, -0.1) is 0 Å². The van der Waals surface area contributed by atoms with Gasteiger partial charge in [-0.2, -0.15) is 0 Å². The predicted octanol–water partition coefficient (Wildman–Crippen LogP) is 2.89. The Morgan fingerprint density at radius 1 is 1.06 bits per heavy atom. The smallest absolute Gasteiger partial charge is 0.139 e. The van der Waals surface area contributed by atoms with Crippen molar-refractivity contribution in [3.63, 3.8) is 0 Å². The molecule has 2 N–H and O–H groups in total. The summed E-state index contributed by atoms with van der Waals surface area (Å²) in [6.07, 6.45) is 1.98. The van der Waals surface area contributed by atoms with Crippen LogP contribution in [0.5, 0.6) is 0 Å². The summed E-state index contributed by atoms with van der Waals surface area (Å²) >= 11 is 0. The Kier molecular flexibility index (Phi) is 2.11. The van der Waals surface area contributed by atoms with Crippen molar-refractivity contribution in [2.45, 2.75) is 6.92 Å². The van der Waals surface area contributed by atoms with Gasteiger partial charge in [0.15, 0.2) is 0 Å². The first-order valence-corrected chi connectivity index (χ1v) is 5.55. The molecule has 2 heterocycles. The molecular weight excluding hydrogens is 210 g/mol. The second kappa shape index (κ2) is 3.63. The average molecular weight is 223 g/mol. The molecule has 0 radical (unpaired) electrons. The lowest BCUT2D eigenvalue weighted by Crippen LogP contribution is -1.93. The molecule has 3 heteroatoms. The van der Waals surface area contributed by atoms with E-state index >= 15 is 0 Å². The molecule has 0 saturated heterocycles. The van der Waals surface area contributed by atoms with Crippen molar-refractivity contribution in [3.05, 3.63) is 54.2 Å². The Hall–Kier alpha value is -2.29. The third-order valence-electron chi connectivity index (χ3n) is 2.94. The number of imidazole rings is 1. The van der Waals surface area contributed by atoms with Crippen molar-refractivity contribution < 1.29 is 0 Å². The lowest BCUT2D eigenvalue weighted by molar-refractivity contribution is 1.20. The average Bonchev–Trinajstić information content (AvgIpc) is 2.75. The van der Waals surface area contributed by atoms with E-state index in [1.807, 2.05) is 40.9 Å². The van der Waals surface area contributed by atoms with Crippen LogP contribution in [-0.2, 0) is 0 Å². The number of aromatic nitrogens is 2. The topological polar surface area (TPSA) is 43.3 Å². The van der Waals surface area contributed by atoms with Crippen LogP contribution in [0.1, 0.15) is 5.56 Å². The molecule has 0 aliphatic heterocycles. The zero-order valence-electron chi connectivity index (χ0n) is 9.59. The van der Waals surface area contributed by atoms with E-state index in [9.17, 15) is 0 Å². The summed E-state index contributed by atoms with van der Waals surface area (Å²) in [5, 5.41) is 0. The molecule has 0 saturated carbocycles. The minimum Gasteiger partial charge on any atom is -0.385 e. The van der Waals surface area contributed by atoms with Gasteiger partial charge in [0, 0.05) is 11.8 Å². The minimum atomic E-state index is 0.704. The van der Waals surface area contributed by atoms with Crippen LogP contribution in [0.25, 0.3) is 16.9 Å². The largest absolute Gasteiger partial charge is 0.385 e. The van der Waals surface area contributed by atoms with E-state index in [1.54, 1.807) is 0 Å². The van der Waals surface area contributed by atoms with E-state index in [0.717, 1.165) is 16.9 Å². The Balaban J connectivity index is 2.26. The van der Waals surface area contributed by atoms with Crippen molar-refractivity contribution in [3.8, 4) is 11.3 Å². The summed E-state index contributed by atoms with van der Waals surface area (Å²) in [6, 6.07) is 14.0. The highest BCUT2D eigenvalue weighted by atomic mass is 15.0. The van der Waals surface area contributed by atoms with Crippen LogP contribution >= 0.6 is 0 Å². The molecular formula is C14H13N3. The maximum atomic E-state index is 5.91. The SMILES string of the molecule is Cc1ccccc1-c1cn2c(N)cccc2n1. The number of nitrogens with zero attached hydrogens (tertiary/aromatic N) is 2. The maximum absolute atomic E-state index is 5.91. The van der Waals surface area contributed by atoms with E-state index in [-0.39, 0.29) is 0 Å². The van der Waals surface area contributed by atoms with Crippen molar-refractivity contribution in [1.29, 1.82) is 0 Å². The fourth-order valence-corrected chi connectivity index (χ4v) is 2.02. The number of rotatable bonds is 1. The minimum absolute atomic E-state index is 0.704. The molecule has 0 amide bonds. The first-order chi connectivity index (χ1) is 8.25. The quantitative estimate of drug-likeness (QED) is 0.689. The van der Waals surface area contributed by atoms with Gasteiger partial charge >= 0.3 is 0 Å². The number of pyridine rings is 1. The van der Waals surface area contributed by atoms with E-state index in [1.165, 1.54) is 5.56 Å². The highest BCUT2D eigenvalue weighted by molar-refractivity contribution is 5.67. The summed E-state index contributed by atoms with van der Waals surface area (Å²) < 4.78 is 1.90. The van der Waals surface area contributed by atoms with E-state index in [0.29, 0.717) is 5.82 Å². The standard InChI is InChI=1S/C14H13N3/c1-10-5-2-3-6-11(10)12-9-17-13(15)7-4-8-14(17)16-12/h2-9H,15H2,1H3. The van der Waals surface area contributed by atoms with Gasteiger partial charge in [0.1, 0.15) is 11.5 Å². The van der Waals surface area contributed by atoms with Gasteiger partial charge < -0.3 is 5.73 Å². The summed E-state index contributed by atoms with van der Waals surface area (Å²) in [5.41, 5.74) is 10.1. The van der Waals surface area contributed by atoms with Gasteiger partial charge in [-0.3, -0.25) is 4.40 Å². The van der Waals surface area contributed by atoms with Crippen LogP contribution < -0.4 is 5.73 Å². The zero-order valence-corrected chi connectivity index (χ0v) is 9.59. The summed E-state index contributed by atoms with van der Waals surface area (Å²) in [7, 11) is 0. The van der Waals surface area contributed by atoms with Crippen molar-refractivity contribution >= 4 is 11.5 Å².